The Morgan fingerprint density at radius 1 is 0.638 bits per heavy atom. The normalized spacial score (nSPS) is 17.2. The van der Waals surface area contributed by atoms with Crippen LogP contribution in [0.15, 0.2) is 122 Å². The summed E-state index contributed by atoms with van der Waals surface area (Å²) in [5, 5.41) is 1.73. The number of ether oxygens (including phenoxy) is 5. The largest absolute Gasteiger partial charge is 0.489 e. The van der Waals surface area contributed by atoms with E-state index in [4.69, 9.17) is 23.7 Å². The smallest absolute Gasteiger partial charge is 0.330 e. The Morgan fingerprint density at radius 2 is 1.26 bits per heavy atom. The minimum atomic E-state index is -0.489. The van der Waals surface area contributed by atoms with Crippen molar-refractivity contribution >= 4 is 22.7 Å². The number of hydrogen-bond acceptors (Lipinski definition) is 7. The molecule has 0 saturated carbocycles. The van der Waals surface area contributed by atoms with Crippen LogP contribution in [0.4, 0.5) is 0 Å². The average molecular weight is 627 g/mol. The summed E-state index contributed by atoms with van der Waals surface area (Å²) in [7, 11) is 0. The van der Waals surface area contributed by atoms with Crippen molar-refractivity contribution in [1.82, 2.24) is 0 Å². The summed E-state index contributed by atoms with van der Waals surface area (Å²) in [6.45, 7) is 4.06. The molecule has 0 spiro atoms. The molecule has 0 radical (unpaired) electrons. The fourth-order valence-electron chi connectivity index (χ4n) is 6.83. The monoisotopic (exact) mass is 626 g/mol. The van der Waals surface area contributed by atoms with Gasteiger partial charge in [-0.2, -0.15) is 0 Å². The van der Waals surface area contributed by atoms with E-state index in [1.165, 1.54) is 16.7 Å². The summed E-state index contributed by atoms with van der Waals surface area (Å²) in [5.74, 6) is 1.91. The lowest BCUT2D eigenvalue weighted by atomic mass is 9.59. The van der Waals surface area contributed by atoms with Crippen molar-refractivity contribution in [2.45, 2.75) is 18.3 Å². The summed E-state index contributed by atoms with van der Waals surface area (Å²) in [4.78, 5) is 24.9. The molecule has 7 nitrogen and oxygen atoms in total. The second-order valence-electron chi connectivity index (χ2n) is 11.6. The molecule has 3 unspecified atom stereocenters. The molecule has 3 atom stereocenters. The third-order valence-corrected chi connectivity index (χ3v) is 8.83. The van der Waals surface area contributed by atoms with Crippen molar-refractivity contribution in [3.05, 3.63) is 144 Å². The maximum atomic E-state index is 13.6. The molecule has 0 aromatic heterocycles. The van der Waals surface area contributed by atoms with Gasteiger partial charge in [0, 0.05) is 28.7 Å². The number of carbonyl (C=O) groups excluding carboxylic acids is 2. The molecule has 0 aliphatic heterocycles. The van der Waals surface area contributed by atoms with Gasteiger partial charge in [0.05, 0.1) is 5.92 Å². The predicted molar refractivity (Wildman–Crippen MR) is 178 cm³/mol. The van der Waals surface area contributed by atoms with Crippen LogP contribution in [-0.2, 0) is 19.1 Å². The maximum Gasteiger partial charge on any atom is 0.330 e. The summed E-state index contributed by atoms with van der Waals surface area (Å²) >= 11 is 0. The van der Waals surface area contributed by atoms with Crippen molar-refractivity contribution in [3.8, 4) is 23.0 Å². The topological polar surface area (TPSA) is 80.3 Å². The van der Waals surface area contributed by atoms with Gasteiger partial charge in [-0.3, -0.25) is 4.79 Å². The first-order valence-electron chi connectivity index (χ1n) is 15.8. The molecule has 236 valence electrons. The highest BCUT2D eigenvalue weighted by Crippen LogP contribution is 2.56. The van der Waals surface area contributed by atoms with Crippen LogP contribution in [0, 0.1) is 5.92 Å². The van der Waals surface area contributed by atoms with Crippen LogP contribution in [0.1, 0.15) is 40.5 Å². The summed E-state index contributed by atoms with van der Waals surface area (Å²) in [6, 6.07) is 35.8. The van der Waals surface area contributed by atoms with E-state index in [-0.39, 0.29) is 50.2 Å². The number of fused-ring (bicyclic) bond motifs is 2. The van der Waals surface area contributed by atoms with Crippen molar-refractivity contribution in [3.63, 3.8) is 0 Å². The van der Waals surface area contributed by atoms with Gasteiger partial charge >= 0.3 is 11.9 Å². The molecule has 5 aromatic rings. The Morgan fingerprint density at radius 3 is 1.96 bits per heavy atom. The van der Waals surface area contributed by atoms with E-state index in [0.717, 1.165) is 33.9 Å². The first-order valence-corrected chi connectivity index (χ1v) is 15.8. The molecule has 3 aliphatic rings. The van der Waals surface area contributed by atoms with E-state index < -0.39 is 5.97 Å². The number of para-hydroxylation sites is 1. The Hall–Kier alpha value is -5.56. The fourth-order valence-corrected chi connectivity index (χ4v) is 6.83. The van der Waals surface area contributed by atoms with Gasteiger partial charge in [0.2, 0.25) is 0 Å². The molecule has 0 amide bonds. The number of esters is 2. The Bertz CT molecular complexity index is 1930. The lowest BCUT2D eigenvalue weighted by molar-refractivity contribution is -0.150. The summed E-state index contributed by atoms with van der Waals surface area (Å²) in [5.41, 5.74) is 4.84. The fraction of sp³-hybridized carbons (Fsp3) is 0.200. The van der Waals surface area contributed by atoms with Crippen LogP contribution in [0.5, 0.6) is 23.0 Å². The highest BCUT2D eigenvalue weighted by atomic mass is 16.6. The Labute approximate surface area is 273 Å². The van der Waals surface area contributed by atoms with Gasteiger partial charge in [-0.15, -0.1) is 0 Å². The van der Waals surface area contributed by atoms with Gasteiger partial charge in [-0.25, -0.2) is 4.79 Å². The Balaban J connectivity index is 1.01. The van der Waals surface area contributed by atoms with E-state index in [2.05, 4.69) is 36.9 Å². The molecule has 0 saturated heterocycles. The van der Waals surface area contributed by atoms with Crippen molar-refractivity contribution < 1.29 is 33.3 Å². The molecule has 47 heavy (non-hydrogen) atoms. The summed E-state index contributed by atoms with van der Waals surface area (Å²) < 4.78 is 29.0. The second-order valence-corrected chi connectivity index (χ2v) is 11.6. The van der Waals surface area contributed by atoms with Gasteiger partial charge in [0.15, 0.2) is 0 Å². The molecule has 7 heteroatoms. The van der Waals surface area contributed by atoms with Gasteiger partial charge in [-0.1, -0.05) is 79.4 Å². The SMILES string of the molecule is C=CC(=O)OCCOc1ccc(OCCOC(=O)C2CC3c4ccccc4C2c2ccc(Oc4ccccc4)cc23)c2ccccc12. The van der Waals surface area contributed by atoms with Crippen LogP contribution in [0.3, 0.4) is 0 Å². The molecule has 3 aliphatic carbocycles. The second kappa shape index (κ2) is 13.4. The maximum absolute atomic E-state index is 13.6. The van der Waals surface area contributed by atoms with Crippen molar-refractivity contribution in [1.29, 1.82) is 0 Å². The van der Waals surface area contributed by atoms with E-state index in [9.17, 15) is 9.59 Å². The van der Waals surface area contributed by atoms with E-state index in [1.54, 1.807) is 0 Å². The number of benzene rings is 5. The zero-order valence-electron chi connectivity index (χ0n) is 25.8. The van der Waals surface area contributed by atoms with Crippen LogP contribution >= 0.6 is 0 Å². The highest BCUT2D eigenvalue weighted by Gasteiger charge is 2.47. The lowest BCUT2D eigenvalue weighted by Crippen LogP contribution is -2.37. The molecule has 0 heterocycles. The quantitative estimate of drug-likeness (QED) is 0.0790. The molecular weight excluding hydrogens is 592 g/mol. The van der Waals surface area contributed by atoms with E-state index in [1.807, 2.05) is 78.9 Å². The minimum absolute atomic E-state index is 0.0813. The third-order valence-electron chi connectivity index (χ3n) is 8.83. The molecule has 5 aromatic carbocycles. The van der Waals surface area contributed by atoms with E-state index >= 15 is 0 Å². The van der Waals surface area contributed by atoms with Gasteiger partial charge in [0.1, 0.15) is 49.4 Å². The van der Waals surface area contributed by atoms with Crippen molar-refractivity contribution in [2.24, 2.45) is 5.92 Å². The van der Waals surface area contributed by atoms with Crippen LogP contribution in [0.2, 0.25) is 0 Å². The van der Waals surface area contributed by atoms with Crippen molar-refractivity contribution in [2.75, 3.05) is 26.4 Å². The first-order chi connectivity index (χ1) is 23.1. The minimum Gasteiger partial charge on any atom is -0.489 e. The molecule has 8 rings (SSSR count). The molecule has 0 fully saturated rings. The van der Waals surface area contributed by atoms with Gasteiger partial charge in [-0.05, 0) is 65.1 Å². The van der Waals surface area contributed by atoms with Gasteiger partial charge in [0.25, 0.3) is 0 Å². The standard InChI is InChI=1S/C40H34O7/c1-2-38(41)45-22-20-43-36-18-19-37(30-14-8-7-13-29(30)36)44-21-23-46-40(42)35-25-34-28-12-6-9-15-31(28)39(35)32-17-16-27(24-33(32)34)47-26-10-4-3-5-11-26/h2-19,24,34-35,39H,1,20-23,25H2. The van der Waals surface area contributed by atoms with Crippen LogP contribution in [-0.4, -0.2) is 38.4 Å². The Kier molecular flexibility index (Phi) is 8.60. The highest BCUT2D eigenvalue weighted by molar-refractivity contribution is 5.93. The zero-order valence-corrected chi connectivity index (χ0v) is 25.8. The molecule has 0 N–H and O–H groups in total. The van der Waals surface area contributed by atoms with Crippen LogP contribution < -0.4 is 14.2 Å². The lowest BCUT2D eigenvalue weighted by Gasteiger charge is -2.44. The van der Waals surface area contributed by atoms with Gasteiger partial charge < -0.3 is 23.7 Å². The summed E-state index contributed by atoms with van der Waals surface area (Å²) in [6.07, 6.45) is 1.80. The number of carbonyl (C=O) groups is 2. The average Bonchev–Trinajstić information content (AvgIpc) is 3.12. The number of rotatable bonds is 12. The van der Waals surface area contributed by atoms with Crippen LogP contribution in [0.25, 0.3) is 10.8 Å². The number of hydrogen-bond donors (Lipinski definition) is 0. The molecular formula is C40H34O7. The predicted octanol–water partition coefficient (Wildman–Crippen LogP) is 7.96. The first kappa shape index (κ1) is 30.1. The third kappa shape index (κ3) is 6.17. The zero-order chi connectivity index (χ0) is 32.2. The van der Waals surface area contributed by atoms with E-state index in [0.29, 0.717) is 17.9 Å². The molecule has 2 bridgehead atoms.